The molecule has 1 atom stereocenters. The number of esters is 1. The van der Waals surface area contributed by atoms with Crippen LogP contribution in [0.25, 0.3) is 0 Å². The van der Waals surface area contributed by atoms with Gasteiger partial charge >= 0.3 is 12.1 Å². The van der Waals surface area contributed by atoms with Gasteiger partial charge < -0.3 is 9.47 Å². The minimum atomic E-state index is -1.97. The summed E-state index contributed by atoms with van der Waals surface area (Å²) in [6.45, 7) is 3.21. The monoisotopic (exact) mass is 291 g/mol. The fourth-order valence-corrected chi connectivity index (χ4v) is 0.894. The molecule has 0 fully saturated rings. The largest absolute Gasteiger partial charge is 0.453 e. The van der Waals surface area contributed by atoms with Crippen molar-refractivity contribution < 1.29 is 19.1 Å². The van der Waals surface area contributed by atoms with Crippen molar-refractivity contribution in [1.29, 1.82) is 0 Å². The van der Waals surface area contributed by atoms with Crippen molar-refractivity contribution in [2.24, 2.45) is 5.92 Å². The number of rotatable bonds is 3. The van der Waals surface area contributed by atoms with Crippen LogP contribution in [0.5, 0.6) is 0 Å². The molecular formula is C8H12Cl3NO4. The molecule has 0 aromatic carbocycles. The molecule has 0 bridgehead atoms. The van der Waals surface area contributed by atoms with E-state index in [4.69, 9.17) is 39.5 Å². The molecule has 0 rings (SSSR count). The molecule has 0 saturated carbocycles. The van der Waals surface area contributed by atoms with Crippen LogP contribution in [0.4, 0.5) is 4.79 Å². The Morgan fingerprint density at radius 3 is 2.06 bits per heavy atom. The number of hydrogen-bond acceptors (Lipinski definition) is 4. The van der Waals surface area contributed by atoms with Gasteiger partial charge in [0.05, 0.1) is 13.0 Å². The summed E-state index contributed by atoms with van der Waals surface area (Å²) in [5.41, 5.74) is 0. The van der Waals surface area contributed by atoms with Crippen LogP contribution < -0.4 is 5.32 Å². The summed E-state index contributed by atoms with van der Waals surface area (Å²) in [5.74, 6) is -1.01. The smallest absolute Gasteiger partial charge is 0.409 e. The highest BCUT2D eigenvalue weighted by Crippen LogP contribution is 2.31. The molecule has 0 radical (unpaired) electrons. The summed E-state index contributed by atoms with van der Waals surface area (Å²) in [6, 6.07) is 0. The van der Waals surface area contributed by atoms with E-state index in [-0.39, 0.29) is 0 Å². The number of carbonyl (C=O) groups excluding carboxylic acids is 2. The van der Waals surface area contributed by atoms with Crippen LogP contribution in [0.2, 0.25) is 0 Å². The maximum atomic E-state index is 11.3. The standard InChI is InChI=1S/C8H12Cl3NO4/c1-4(2)5(13)16-6(8(9,10)11)12-7(14)15-3/h4,6H,1-3H3,(H,12,14). The van der Waals surface area contributed by atoms with Crippen molar-refractivity contribution in [2.45, 2.75) is 23.9 Å². The van der Waals surface area contributed by atoms with Crippen molar-refractivity contribution in [1.82, 2.24) is 5.32 Å². The van der Waals surface area contributed by atoms with Crippen molar-refractivity contribution in [3.8, 4) is 0 Å². The molecule has 8 heteroatoms. The summed E-state index contributed by atoms with van der Waals surface area (Å²) in [4.78, 5) is 22.2. The molecule has 0 saturated heterocycles. The van der Waals surface area contributed by atoms with Gasteiger partial charge in [-0.05, 0) is 0 Å². The summed E-state index contributed by atoms with van der Waals surface area (Å²) in [6.07, 6.45) is -2.27. The van der Waals surface area contributed by atoms with Crippen LogP contribution in [0.3, 0.4) is 0 Å². The number of halogens is 3. The average Bonchev–Trinajstić information content (AvgIpc) is 2.14. The molecular weight excluding hydrogens is 280 g/mol. The molecule has 1 unspecified atom stereocenters. The third-order valence-corrected chi connectivity index (χ3v) is 2.03. The fourth-order valence-electron chi connectivity index (χ4n) is 0.596. The Morgan fingerprint density at radius 1 is 1.25 bits per heavy atom. The fraction of sp³-hybridized carbons (Fsp3) is 0.750. The van der Waals surface area contributed by atoms with E-state index in [1.807, 2.05) is 0 Å². The number of carbonyl (C=O) groups is 2. The first-order valence-corrected chi connectivity index (χ1v) is 5.43. The Balaban J connectivity index is 4.57. The number of methoxy groups -OCH3 is 1. The van der Waals surface area contributed by atoms with Gasteiger partial charge in [0.15, 0.2) is 0 Å². The predicted molar refractivity (Wildman–Crippen MR) is 60.5 cm³/mol. The first-order valence-electron chi connectivity index (χ1n) is 4.30. The summed E-state index contributed by atoms with van der Waals surface area (Å²) < 4.78 is 7.13. The second kappa shape index (κ2) is 6.37. The average molecular weight is 293 g/mol. The molecule has 0 aliphatic rings. The van der Waals surface area contributed by atoms with E-state index in [0.717, 1.165) is 7.11 Å². The van der Waals surface area contributed by atoms with E-state index in [1.165, 1.54) is 0 Å². The topological polar surface area (TPSA) is 64.6 Å². The van der Waals surface area contributed by atoms with E-state index in [2.05, 4.69) is 10.1 Å². The second-order valence-corrected chi connectivity index (χ2v) is 5.52. The molecule has 0 aliphatic heterocycles. The first kappa shape index (κ1) is 15.6. The van der Waals surface area contributed by atoms with Gasteiger partial charge in [-0.3, -0.25) is 10.1 Å². The molecule has 0 aliphatic carbocycles. The number of nitrogens with one attached hydrogen (secondary N) is 1. The van der Waals surface area contributed by atoms with E-state index in [0.29, 0.717) is 0 Å². The number of alkyl halides is 3. The Morgan fingerprint density at radius 2 is 1.75 bits per heavy atom. The second-order valence-electron chi connectivity index (χ2n) is 3.15. The molecule has 1 N–H and O–H groups in total. The highest BCUT2D eigenvalue weighted by Gasteiger charge is 2.38. The SMILES string of the molecule is COC(=O)NC(OC(=O)C(C)C)C(Cl)(Cl)Cl. The molecule has 0 aromatic heterocycles. The molecule has 0 heterocycles. The van der Waals surface area contributed by atoms with E-state index in [9.17, 15) is 9.59 Å². The van der Waals surface area contributed by atoms with Crippen molar-refractivity contribution >= 4 is 46.9 Å². The third-order valence-electron chi connectivity index (χ3n) is 1.44. The first-order chi connectivity index (χ1) is 7.18. The molecule has 16 heavy (non-hydrogen) atoms. The Bertz CT molecular complexity index is 264. The van der Waals surface area contributed by atoms with Crippen molar-refractivity contribution in [3.63, 3.8) is 0 Å². The Kier molecular flexibility index (Phi) is 6.22. The zero-order valence-corrected chi connectivity index (χ0v) is 11.2. The normalized spacial score (nSPS) is 13.2. The minimum Gasteiger partial charge on any atom is -0.453 e. The lowest BCUT2D eigenvalue weighted by Gasteiger charge is -2.25. The van der Waals surface area contributed by atoms with Crippen LogP contribution in [-0.4, -0.2) is 29.2 Å². The van der Waals surface area contributed by atoms with Crippen LogP contribution in [0.1, 0.15) is 13.8 Å². The van der Waals surface area contributed by atoms with Gasteiger partial charge in [0.1, 0.15) is 0 Å². The van der Waals surface area contributed by atoms with Gasteiger partial charge in [0.25, 0.3) is 0 Å². The van der Waals surface area contributed by atoms with E-state index in [1.54, 1.807) is 13.8 Å². The third kappa shape index (κ3) is 5.63. The van der Waals surface area contributed by atoms with Gasteiger partial charge in [-0.2, -0.15) is 0 Å². The van der Waals surface area contributed by atoms with Gasteiger partial charge in [-0.1, -0.05) is 48.7 Å². The van der Waals surface area contributed by atoms with Gasteiger partial charge in [0.2, 0.25) is 10.0 Å². The lowest BCUT2D eigenvalue weighted by atomic mass is 10.2. The summed E-state index contributed by atoms with van der Waals surface area (Å²) in [5, 5.41) is 2.09. The zero-order valence-electron chi connectivity index (χ0n) is 8.92. The molecule has 0 aromatic rings. The predicted octanol–water partition coefficient (Wildman–Crippen LogP) is 2.24. The quantitative estimate of drug-likeness (QED) is 0.492. The number of alkyl carbamates (subject to hydrolysis) is 1. The van der Waals surface area contributed by atoms with Gasteiger partial charge in [-0.15, -0.1) is 0 Å². The number of hydrogen-bond donors (Lipinski definition) is 1. The zero-order chi connectivity index (χ0) is 12.9. The lowest BCUT2D eigenvalue weighted by Crippen LogP contribution is -2.47. The van der Waals surface area contributed by atoms with Gasteiger partial charge in [-0.25, -0.2) is 4.79 Å². The van der Waals surface area contributed by atoms with Crippen LogP contribution in [-0.2, 0) is 14.3 Å². The highest BCUT2D eigenvalue weighted by atomic mass is 35.6. The van der Waals surface area contributed by atoms with Crippen molar-refractivity contribution in [3.05, 3.63) is 0 Å². The lowest BCUT2D eigenvalue weighted by molar-refractivity contribution is -0.153. The number of ether oxygens (including phenoxy) is 2. The maximum absolute atomic E-state index is 11.3. The molecule has 94 valence electrons. The summed E-state index contributed by atoms with van der Waals surface area (Å²) >= 11 is 16.6. The van der Waals surface area contributed by atoms with Crippen LogP contribution >= 0.6 is 34.8 Å². The Hall–Kier alpha value is -0.390. The minimum absolute atomic E-state index is 0.408. The molecule has 0 spiro atoms. The van der Waals surface area contributed by atoms with Crippen LogP contribution in [0.15, 0.2) is 0 Å². The highest BCUT2D eigenvalue weighted by molar-refractivity contribution is 6.68. The summed E-state index contributed by atoms with van der Waals surface area (Å²) in [7, 11) is 1.13. The molecule has 5 nitrogen and oxygen atoms in total. The van der Waals surface area contributed by atoms with E-state index >= 15 is 0 Å². The number of amides is 1. The van der Waals surface area contributed by atoms with E-state index < -0.39 is 28.0 Å². The Labute approximate surface area is 108 Å². The van der Waals surface area contributed by atoms with Gasteiger partial charge in [0, 0.05) is 0 Å². The van der Waals surface area contributed by atoms with Crippen LogP contribution in [0, 0.1) is 5.92 Å². The molecule has 1 amide bonds. The van der Waals surface area contributed by atoms with Crippen molar-refractivity contribution in [2.75, 3.05) is 7.11 Å². The maximum Gasteiger partial charge on any atom is 0.409 e.